The van der Waals surface area contributed by atoms with Crippen LogP contribution in [0.2, 0.25) is 0 Å². The van der Waals surface area contributed by atoms with Crippen LogP contribution in [-0.4, -0.2) is 24.6 Å². The number of rotatable bonds is 5. The van der Waals surface area contributed by atoms with Crippen molar-refractivity contribution in [2.24, 2.45) is 10.8 Å². The zero-order valence-electron chi connectivity index (χ0n) is 13.5. The topological polar surface area (TPSA) is 52.6 Å². The highest BCUT2D eigenvalue weighted by Gasteiger charge is 2.43. The summed E-state index contributed by atoms with van der Waals surface area (Å²) in [4.78, 5) is 24.1. The Morgan fingerprint density at radius 2 is 1.42 bits per heavy atom. The van der Waals surface area contributed by atoms with E-state index >= 15 is 0 Å². The third-order valence-electron chi connectivity index (χ3n) is 3.24. The fourth-order valence-electron chi connectivity index (χ4n) is 2.07. The molecule has 0 saturated heterocycles. The maximum Gasteiger partial charge on any atom is 0.312 e. The van der Waals surface area contributed by atoms with Crippen LogP contribution in [0.15, 0.2) is 0 Å². The van der Waals surface area contributed by atoms with Crippen molar-refractivity contribution in [2.45, 2.75) is 66.9 Å². The summed E-state index contributed by atoms with van der Waals surface area (Å²) in [5.74, 6) is -0.574. The van der Waals surface area contributed by atoms with E-state index in [-0.39, 0.29) is 11.9 Å². The Morgan fingerprint density at radius 3 is 1.74 bits per heavy atom. The van der Waals surface area contributed by atoms with Gasteiger partial charge >= 0.3 is 11.9 Å². The number of ether oxygens (including phenoxy) is 2. The first-order chi connectivity index (χ1) is 8.38. The Labute approximate surface area is 116 Å². The van der Waals surface area contributed by atoms with E-state index in [1.165, 1.54) is 7.11 Å². The van der Waals surface area contributed by atoms with Gasteiger partial charge in [-0.3, -0.25) is 9.59 Å². The van der Waals surface area contributed by atoms with Crippen LogP contribution in [0.4, 0.5) is 0 Å². The van der Waals surface area contributed by atoms with Gasteiger partial charge in [0.15, 0.2) is 0 Å². The zero-order chi connectivity index (χ0) is 15.5. The number of carbonyl (C=O) groups excluding carboxylic acids is 2. The monoisotopic (exact) mass is 272 g/mol. The van der Waals surface area contributed by atoms with Gasteiger partial charge in [-0.05, 0) is 54.4 Å². The normalized spacial score (nSPS) is 15.6. The summed E-state index contributed by atoms with van der Waals surface area (Å²) in [5, 5.41) is 0. The molecule has 0 fully saturated rings. The molecule has 0 heterocycles. The maximum atomic E-state index is 12.3. The highest BCUT2D eigenvalue weighted by Crippen LogP contribution is 2.39. The second-order valence-electron chi connectivity index (χ2n) is 6.97. The lowest BCUT2D eigenvalue weighted by atomic mass is 9.72. The first-order valence-electron chi connectivity index (χ1n) is 6.70. The van der Waals surface area contributed by atoms with Crippen molar-refractivity contribution in [3.63, 3.8) is 0 Å². The SMILES string of the molecule is CCC(C)(CC(C)(C)C(=O)OC)C(=O)OC(C)(C)C. The van der Waals surface area contributed by atoms with E-state index in [0.717, 1.165) is 0 Å². The number of carbonyl (C=O) groups is 2. The molecule has 0 N–H and O–H groups in total. The van der Waals surface area contributed by atoms with Gasteiger partial charge in [-0.15, -0.1) is 0 Å². The standard InChI is InChI=1S/C15H28O4/c1-9-15(7,12(17)19-13(2,3)4)10-14(5,6)11(16)18-8/h9-10H2,1-8H3. The van der Waals surface area contributed by atoms with Crippen molar-refractivity contribution < 1.29 is 19.1 Å². The van der Waals surface area contributed by atoms with Gasteiger partial charge in [0.05, 0.1) is 17.9 Å². The minimum atomic E-state index is -0.712. The minimum Gasteiger partial charge on any atom is -0.469 e. The summed E-state index contributed by atoms with van der Waals surface area (Å²) in [6.07, 6.45) is 1.01. The van der Waals surface area contributed by atoms with Crippen LogP contribution in [0, 0.1) is 10.8 Å². The molecule has 0 radical (unpaired) electrons. The van der Waals surface area contributed by atoms with Crippen LogP contribution < -0.4 is 0 Å². The number of hydrogen-bond acceptors (Lipinski definition) is 4. The van der Waals surface area contributed by atoms with Gasteiger partial charge in [-0.25, -0.2) is 0 Å². The molecule has 4 nitrogen and oxygen atoms in total. The predicted octanol–water partition coefficient (Wildman–Crippen LogP) is 3.33. The lowest BCUT2D eigenvalue weighted by Crippen LogP contribution is -2.40. The lowest BCUT2D eigenvalue weighted by Gasteiger charge is -2.35. The van der Waals surface area contributed by atoms with E-state index in [0.29, 0.717) is 12.8 Å². The smallest absolute Gasteiger partial charge is 0.312 e. The molecular formula is C15H28O4. The van der Waals surface area contributed by atoms with Crippen molar-refractivity contribution >= 4 is 11.9 Å². The molecule has 1 atom stereocenters. The molecule has 0 aliphatic carbocycles. The molecule has 1 unspecified atom stereocenters. The fraction of sp³-hybridized carbons (Fsp3) is 0.867. The van der Waals surface area contributed by atoms with Crippen LogP contribution in [-0.2, 0) is 19.1 Å². The third-order valence-corrected chi connectivity index (χ3v) is 3.24. The van der Waals surface area contributed by atoms with E-state index in [1.54, 1.807) is 13.8 Å². The fourth-order valence-corrected chi connectivity index (χ4v) is 2.07. The van der Waals surface area contributed by atoms with E-state index in [1.807, 2.05) is 34.6 Å². The van der Waals surface area contributed by atoms with Gasteiger partial charge in [0.1, 0.15) is 5.60 Å². The van der Waals surface area contributed by atoms with Crippen LogP contribution >= 0.6 is 0 Å². The van der Waals surface area contributed by atoms with Crippen LogP contribution in [0.3, 0.4) is 0 Å². The molecule has 0 aromatic rings. The number of hydrogen-bond donors (Lipinski definition) is 0. The van der Waals surface area contributed by atoms with E-state index in [4.69, 9.17) is 9.47 Å². The predicted molar refractivity (Wildman–Crippen MR) is 74.7 cm³/mol. The quantitative estimate of drug-likeness (QED) is 0.720. The van der Waals surface area contributed by atoms with Crippen molar-refractivity contribution in [3.05, 3.63) is 0 Å². The highest BCUT2D eigenvalue weighted by atomic mass is 16.6. The van der Waals surface area contributed by atoms with Crippen LogP contribution in [0.5, 0.6) is 0 Å². The van der Waals surface area contributed by atoms with E-state index < -0.39 is 16.4 Å². The van der Waals surface area contributed by atoms with Gasteiger partial charge < -0.3 is 9.47 Å². The van der Waals surface area contributed by atoms with E-state index in [2.05, 4.69) is 0 Å². The molecule has 0 aliphatic heterocycles. The van der Waals surface area contributed by atoms with Crippen molar-refractivity contribution in [1.29, 1.82) is 0 Å². The van der Waals surface area contributed by atoms with Crippen molar-refractivity contribution in [1.82, 2.24) is 0 Å². The Hall–Kier alpha value is -1.06. The summed E-state index contributed by atoms with van der Waals surface area (Å²) in [6.45, 7) is 12.9. The number of methoxy groups -OCH3 is 1. The summed E-state index contributed by atoms with van der Waals surface area (Å²) >= 11 is 0. The Balaban J connectivity index is 5.08. The second kappa shape index (κ2) is 5.93. The lowest BCUT2D eigenvalue weighted by molar-refractivity contribution is -0.171. The molecule has 0 aromatic heterocycles. The van der Waals surface area contributed by atoms with Gasteiger partial charge in [-0.2, -0.15) is 0 Å². The molecule has 4 heteroatoms. The average Bonchev–Trinajstić information content (AvgIpc) is 2.24. The Kier molecular flexibility index (Phi) is 5.60. The average molecular weight is 272 g/mol. The van der Waals surface area contributed by atoms with Gasteiger partial charge in [-0.1, -0.05) is 6.92 Å². The summed E-state index contributed by atoms with van der Waals surface area (Å²) in [7, 11) is 1.36. The van der Waals surface area contributed by atoms with Crippen molar-refractivity contribution in [3.8, 4) is 0 Å². The Bertz CT molecular complexity index is 339. The summed E-state index contributed by atoms with van der Waals surface area (Å²) < 4.78 is 10.3. The van der Waals surface area contributed by atoms with Gasteiger partial charge in [0.25, 0.3) is 0 Å². The third kappa shape index (κ3) is 5.21. The first-order valence-corrected chi connectivity index (χ1v) is 6.70. The molecule has 0 rings (SSSR count). The van der Waals surface area contributed by atoms with Crippen LogP contribution in [0.25, 0.3) is 0 Å². The maximum absolute atomic E-state index is 12.3. The van der Waals surface area contributed by atoms with Crippen molar-refractivity contribution in [2.75, 3.05) is 7.11 Å². The molecule has 0 amide bonds. The number of esters is 2. The van der Waals surface area contributed by atoms with E-state index in [9.17, 15) is 9.59 Å². The van der Waals surface area contributed by atoms with Crippen LogP contribution in [0.1, 0.15) is 61.3 Å². The zero-order valence-corrected chi connectivity index (χ0v) is 13.5. The molecule has 0 saturated carbocycles. The molecule has 112 valence electrons. The molecule has 0 bridgehead atoms. The highest BCUT2D eigenvalue weighted by molar-refractivity contribution is 5.80. The molecular weight excluding hydrogens is 244 g/mol. The van der Waals surface area contributed by atoms with Gasteiger partial charge in [0.2, 0.25) is 0 Å². The second-order valence-corrected chi connectivity index (χ2v) is 6.97. The Morgan fingerprint density at radius 1 is 0.947 bits per heavy atom. The molecule has 0 spiro atoms. The minimum absolute atomic E-state index is 0.264. The van der Waals surface area contributed by atoms with Gasteiger partial charge in [0, 0.05) is 0 Å². The first kappa shape index (κ1) is 17.9. The summed E-state index contributed by atoms with van der Waals surface area (Å²) in [5.41, 5.74) is -1.93. The molecule has 0 aliphatic rings. The molecule has 19 heavy (non-hydrogen) atoms. The summed E-state index contributed by atoms with van der Waals surface area (Å²) in [6, 6.07) is 0. The largest absolute Gasteiger partial charge is 0.469 e. The molecule has 0 aromatic carbocycles.